The second-order valence-electron chi connectivity index (χ2n) is 5.95. The zero-order valence-corrected chi connectivity index (χ0v) is 11.9. The molecule has 0 bridgehead atoms. The van der Waals surface area contributed by atoms with Gasteiger partial charge in [-0.2, -0.15) is 0 Å². The van der Waals surface area contributed by atoms with Crippen LogP contribution in [0, 0.1) is 6.92 Å². The monoisotopic (exact) mass is 246 g/mol. The van der Waals surface area contributed by atoms with Crippen LogP contribution in [0.4, 0.5) is 0 Å². The zero-order chi connectivity index (χ0) is 13.2. The third-order valence-corrected chi connectivity index (χ3v) is 4.59. The van der Waals surface area contributed by atoms with Crippen molar-refractivity contribution in [1.29, 1.82) is 0 Å². The highest BCUT2D eigenvalue weighted by Crippen LogP contribution is 2.40. The highest BCUT2D eigenvalue weighted by atomic mass is 15.2. The number of nitrogens with two attached hydrogens (primary N) is 1. The van der Waals surface area contributed by atoms with E-state index >= 15 is 0 Å². The van der Waals surface area contributed by atoms with E-state index in [1.165, 1.54) is 43.2 Å². The normalized spacial score (nSPS) is 20.9. The maximum atomic E-state index is 6.63. The summed E-state index contributed by atoms with van der Waals surface area (Å²) in [6.45, 7) is 2.14. The lowest BCUT2D eigenvalue weighted by Gasteiger charge is -2.47. The predicted octanol–water partition coefficient (Wildman–Crippen LogP) is 3.26. The molecule has 1 aromatic carbocycles. The molecule has 0 amide bonds. The van der Waals surface area contributed by atoms with E-state index in [2.05, 4.69) is 50.2 Å². The Balaban J connectivity index is 2.31. The molecule has 18 heavy (non-hydrogen) atoms. The summed E-state index contributed by atoms with van der Waals surface area (Å²) in [5.74, 6) is 0. The Bertz CT molecular complexity index is 392. The fourth-order valence-corrected chi connectivity index (χ4v) is 3.37. The molecule has 0 aromatic heterocycles. The first kappa shape index (κ1) is 13.6. The van der Waals surface area contributed by atoms with Crippen molar-refractivity contribution in [2.75, 3.05) is 14.1 Å². The first-order valence-electron chi connectivity index (χ1n) is 7.06. The standard InChI is InChI=1S/C16H26N2/c1-13-8-7-9-14(12-13)15(17)16(18(2)3)10-5-4-6-11-16/h7-9,12,15H,4-6,10-11,17H2,1-3H3. The van der Waals surface area contributed by atoms with Crippen LogP contribution >= 0.6 is 0 Å². The molecule has 2 N–H and O–H groups in total. The minimum atomic E-state index is 0.118. The summed E-state index contributed by atoms with van der Waals surface area (Å²) in [5.41, 5.74) is 9.36. The van der Waals surface area contributed by atoms with Crippen LogP contribution in [0.2, 0.25) is 0 Å². The Hall–Kier alpha value is -0.860. The van der Waals surface area contributed by atoms with Gasteiger partial charge in [0.05, 0.1) is 0 Å². The summed E-state index contributed by atoms with van der Waals surface area (Å²) < 4.78 is 0. The molecular formula is C16H26N2. The van der Waals surface area contributed by atoms with Crippen LogP contribution in [0.3, 0.4) is 0 Å². The molecule has 2 nitrogen and oxygen atoms in total. The van der Waals surface area contributed by atoms with E-state index in [0.29, 0.717) is 0 Å². The van der Waals surface area contributed by atoms with E-state index in [1.54, 1.807) is 0 Å². The van der Waals surface area contributed by atoms with Crippen molar-refractivity contribution in [2.45, 2.75) is 50.6 Å². The van der Waals surface area contributed by atoms with Crippen LogP contribution in [-0.2, 0) is 0 Å². The average molecular weight is 246 g/mol. The Morgan fingerprint density at radius 1 is 1.17 bits per heavy atom. The van der Waals surface area contributed by atoms with Crippen molar-refractivity contribution in [3.05, 3.63) is 35.4 Å². The van der Waals surface area contributed by atoms with Crippen molar-refractivity contribution in [2.24, 2.45) is 5.73 Å². The van der Waals surface area contributed by atoms with Gasteiger partial charge in [-0.05, 0) is 39.4 Å². The van der Waals surface area contributed by atoms with E-state index in [-0.39, 0.29) is 11.6 Å². The number of likely N-dealkylation sites (N-methyl/N-ethyl adjacent to an activating group) is 1. The van der Waals surface area contributed by atoms with Gasteiger partial charge in [0, 0.05) is 11.6 Å². The van der Waals surface area contributed by atoms with Gasteiger partial charge < -0.3 is 10.6 Å². The lowest BCUT2D eigenvalue weighted by molar-refractivity contribution is 0.0713. The molecule has 1 aromatic rings. The predicted molar refractivity (Wildman–Crippen MR) is 77.6 cm³/mol. The van der Waals surface area contributed by atoms with Gasteiger partial charge in [0.15, 0.2) is 0 Å². The van der Waals surface area contributed by atoms with Crippen LogP contribution in [0.1, 0.15) is 49.3 Å². The van der Waals surface area contributed by atoms with E-state index in [4.69, 9.17) is 5.73 Å². The molecule has 1 unspecified atom stereocenters. The maximum absolute atomic E-state index is 6.63. The lowest BCUT2D eigenvalue weighted by Crippen LogP contribution is -2.53. The minimum absolute atomic E-state index is 0.118. The van der Waals surface area contributed by atoms with Crippen LogP contribution in [0.15, 0.2) is 24.3 Å². The van der Waals surface area contributed by atoms with Crippen molar-refractivity contribution in [3.63, 3.8) is 0 Å². The first-order chi connectivity index (χ1) is 8.56. The molecule has 0 aliphatic heterocycles. The number of aryl methyl sites for hydroxylation is 1. The number of hydrogen-bond acceptors (Lipinski definition) is 2. The van der Waals surface area contributed by atoms with Gasteiger partial charge in [-0.3, -0.25) is 0 Å². The van der Waals surface area contributed by atoms with Crippen molar-refractivity contribution in [1.82, 2.24) is 4.90 Å². The third kappa shape index (κ3) is 2.45. The Morgan fingerprint density at radius 2 is 1.83 bits per heavy atom. The van der Waals surface area contributed by atoms with Crippen LogP contribution < -0.4 is 5.73 Å². The number of hydrogen-bond donors (Lipinski definition) is 1. The molecule has 0 spiro atoms. The van der Waals surface area contributed by atoms with E-state index < -0.39 is 0 Å². The van der Waals surface area contributed by atoms with Gasteiger partial charge in [0.25, 0.3) is 0 Å². The smallest absolute Gasteiger partial charge is 0.0482 e. The highest BCUT2D eigenvalue weighted by Gasteiger charge is 2.40. The summed E-state index contributed by atoms with van der Waals surface area (Å²) in [6.07, 6.45) is 6.40. The second-order valence-corrected chi connectivity index (χ2v) is 5.95. The zero-order valence-electron chi connectivity index (χ0n) is 11.9. The average Bonchev–Trinajstić information content (AvgIpc) is 2.38. The van der Waals surface area contributed by atoms with Crippen molar-refractivity contribution >= 4 is 0 Å². The summed E-state index contributed by atoms with van der Waals surface area (Å²) in [6, 6.07) is 8.80. The van der Waals surface area contributed by atoms with Crippen LogP contribution in [0.5, 0.6) is 0 Å². The molecule has 100 valence electrons. The number of rotatable bonds is 3. The molecule has 1 fully saturated rings. The molecule has 0 radical (unpaired) electrons. The van der Waals surface area contributed by atoms with Gasteiger partial charge >= 0.3 is 0 Å². The molecule has 1 aliphatic carbocycles. The molecule has 0 saturated heterocycles. The third-order valence-electron chi connectivity index (χ3n) is 4.59. The van der Waals surface area contributed by atoms with E-state index in [9.17, 15) is 0 Å². The fourth-order valence-electron chi connectivity index (χ4n) is 3.37. The van der Waals surface area contributed by atoms with Crippen LogP contribution in [0.25, 0.3) is 0 Å². The maximum Gasteiger partial charge on any atom is 0.0482 e. The number of benzene rings is 1. The molecule has 1 saturated carbocycles. The minimum Gasteiger partial charge on any atom is -0.322 e. The first-order valence-corrected chi connectivity index (χ1v) is 7.06. The fraction of sp³-hybridized carbons (Fsp3) is 0.625. The lowest BCUT2D eigenvalue weighted by atomic mass is 9.73. The molecule has 2 heteroatoms. The molecule has 1 aliphatic rings. The largest absolute Gasteiger partial charge is 0.322 e. The summed E-state index contributed by atoms with van der Waals surface area (Å²) >= 11 is 0. The van der Waals surface area contributed by atoms with Gasteiger partial charge in [-0.15, -0.1) is 0 Å². The Labute approximate surface area is 111 Å². The van der Waals surface area contributed by atoms with E-state index in [0.717, 1.165) is 0 Å². The SMILES string of the molecule is Cc1cccc(C(N)C2(N(C)C)CCCCC2)c1. The molecule has 1 atom stereocenters. The van der Waals surface area contributed by atoms with E-state index in [1.807, 2.05) is 0 Å². The second kappa shape index (κ2) is 5.41. The molecule has 0 heterocycles. The topological polar surface area (TPSA) is 29.3 Å². The molecule has 2 rings (SSSR count). The summed E-state index contributed by atoms with van der Waals surface area (Å²) in [7, 11) is 4.36. The van der Waals surface area contributed by atoms with Gasteiger partial charge in [0.2, 0.25) is 0 Å². The van der Waals surface area contributed by atoms with Crippen molar-refractivity contribution in [3.8, 4) is 0 Å². The Kier molecular flexibility index (Phi) is 4.08. The van der Waals surface area contributed by atoms with Gasteiger partial charge in [-0.1, -0.05) is 49.1 Å². The van der Waals surface area contributed by atoms with Crippen molar-refractivity contribution < 1.29 is 0 Å². The summed E-state index contributed by atoms with van der Waals surface area (Å²) in [5, 5.41) is 0. The van der Waals surface area contributed by atoms with Gasteiger partial charge in [0.1, 0.15) is 0 Å². The quantitative estimate of drug-likeness (QED) is 0.887. The highest BCUT2D eigenvalue weighted by molar-refractivity contribution is 5.28. The van der Waals surface area contributed by atoms with Gasteiger partial charge in [-0.25, -0.2) is 0 Å². The Morgan fingerprint density at radius 3 is 2.39 bits per heavy atom. The van der Waals surface area contributed by atoms with Crippen LogP contribution in [-0.4, -0.2) is 24.5 Å². The molecular weight excluding hydrogens is 220 g/mol. The number of nitrogens with zero attached hydrogens (tertiary/aromatic N) is 1. The summed E-state index contributed by atoms with van der Waals surface area (Å²) in [4.78, 5) is 2.36.